The fraction of sp³-hybridized carbons (Fsp3) is 0.0667. The van der Waals surface area contributed by atoms with Gasteiger partial charge in [-0.3, -0.25) is 9.20 Å². The van der Waals surface area contributed by atoms with Crippen molar-refractivity contribution < 1.29 is 17.6 Å². The largest absolute Gasteiger partial charge is 0.321 e. The number of amides is 1. The number of fused-ring (bicyclic) bond motifs is 1. The highest BCUT2D eigenvalue weighted by molar-refractivity contribution is 7.89. The van der Waals surface area contributed by atoms with Crippen LogP contribution in [0.2, 0.25) is 0 Å². The van der Waals surface area contributed by atoms with Crippen molar-refractivity contribution in [3.8, 4) is 0 Å². The van der Waals surface area contributed by atoms with Crippen molar-refractivity contribution in [2.75, 3.05) is 5.32 Å². The number of aromatic nitrogens is 2. The second-order valence-electron chi connectivity index (χ2n) is 5.14. The number of carbonyl (C=O) groups is 1. The fourth-order valence-corrected chi connectivity index (χ4v) is 2.84. The van der Waals surface area contributed by atoms with Gasteiger partial charge in [0.1, 0.15) is 17.2 Å². The van der Waals surface area contributed by atoms with E-state index in [1.54, 1.807) is 6.92 Å². The number of carbonyl (C=O) groups excluding carboxylic acids is 1. The maximum absolute atomic E-state index is 13.4. The average molecular weight is 348 g/mol. The Hall–Kier alpha value is -2.78. The average Bonchev–Trinajstić information content (AvgIpc) is 2.82. The molecule has 7 nitrogen and oxygen atoms in total. The summed E-state index contributed by atoms with van der Waals surface area (Å²) in [5.41, 5.74) is 1.46. The topological polar surface area (TPSA) is 107 Å². The van der Waals surface area contributed by atoms with Crippen LogP contribution in [0.15, 0.2) is 47.5 Å². The first-order valence-electron chi connectivity index (χ1n) is 6.84. The van der Waals surface area contributed by atoms with E-state index in [1.807, 2.05) is 0 Å². The molecule has 0 spiro atoms. The van der Waals surface area contributed by atoms with E-state index in [9.17, 15) is 17.6 Å². The highest BCUT2D eigenvalue weighted by Gasteiger charge is 2.17. The normalized spacial score (nSPS) is 11.6. The zero-order chi connectivity index (χ0) is 17.5. The van der Waals surface area contributed by atoms with Crippen LogP contribution in [0.4, 0.5) is 10.1 Å². The fourth-order valence-electron chi connectivity index (χ4n) is 2.33. The van der Waals surface area contributed by atoms with Crippen LogP contribution in [0.5, 0.6) is 0 Å². The minimum atomic E-state index is -3.80. The van der Waals surface area contributed by atoms with E-state index in [2.05, 4.69) is 10.3 Å². The van der Waals surface area contributed by atoms with E-state index in [1.165, 1.54) is 47.0 Å². The van der Waals surface area contributed by atoms with Crippen molar-refractivity contribution in [1.82, 2.24) is 9.38 Å². The molecule has 9 heteroatoms. The zero-order valence-corrected chi connectivity index (χ0v) is 13.3. The Balaban J connectivity index is 1.93. The van der Waals surface area contributed by atoms with Gasteiger partial charge in [0.15, 0.2) is 0 Å². The lowest BCUT2D eigenvalue weighted by Gasteiger charge is -2.07. The van der Waals surface area contributed by atoms with Gasteiger partial charge in [0, 0.05) is 11.9 Å². The molecular formula is C15H13FN4O3S. The van der Waals surface area contributed by atoms with Crippen molar-refractivity contribution in [1.29, 1.82) is 0 Å². The lowest BCUT2D eigenvalue weighted by molar-refractivity contribution is 0.102. The highest BCUT2D eigenvalue weighted by atomic mass is 32.2. The molecule has 0 atom stereocenters. The lowest BCUT2D eigenvalue weighted by Crippen LogP contribution is -2.16. The van der Waals surface area contributed by atoms with Crippen LogP contribution in [-0.2, 0) is 10.0 Å². The number of imidazole rings is 1. The summed E-state index contributed by atoms with van der Waals surface area (Å²) in [5, 5.41) is 7.64. The molecule has 0 saturated heterocycles. The van der Waals surface area contributed by atoms with Crippen molar-refractivity contribution in [2.24, 2.45) is 5.14 Å². The minimum absolute atomic E-state index is 0.0615. The maximum Gasteiger partial charge on any atom is 0.274 e. The van der Waals surface area contributed by atoms with E-state index in [0.717, 1.165) is 0 Å². The van der Waals surface area contributed by atoms with Crippen molar-refractivity contribution in [3.05, 3.63) is 59.8 Å². The van der Waals surface area contributed by atoms with E-state index in [4.69, 9.17) is 5.14 Å². The van der Waals surface area contributed by atoms with E-state index in [0.29, 0.717) is 17.0 Å². The third-order valence-corrected chi connectivity index (χ3v) is 4.34. The van der Waals surface area contributed by atoms with Gasteiger partial charge < -0.3 is 5.32 Å². The molecule has 3 aromatic rings. The van der Waals surface area contributed by atoms with Crippen LogP contribution in [-0.4, -0.2) is 23.7 Å². The molecule has 0 unspecified atom stereocenters. The first-order chi connectivity index (χ1) is 11.3. The number of benzene rings is 1. The Labute approximate surface area is 137 Å². The molecule has 3 rings (SSSR count). The van der Waals surface area contributed by atoms with Gasteiger partial charge in [0.2, 0.25) is 10.0 Å². The quantitative estimate of drug-likeness (QED) is 0.751. The first-order valence-corrected chi connectivity index (χ1v) is 8.39. The van der Waals surface area contributed by atoms with Gasteiger partial charge in [-0.15, -0.1) is 0 Å². The number of hydrogen-bond acceptors (Lipinski definition) is 4. The highest BCUT2D eigenvalue weighted by Crippen LogP contribution is 2.17. The predicted molar refractivity (Wildman–Crippen MR) is 85.7 cm³/mol. The number of halogens is 1. The predicted octanol–water partition coefficient (Wildman–Crippen LogP) is 1.68. The molecule has 0 saturated carbocycles. The number of hydrogen-bond donors (Lipinski definition) is 2. The number of rotatable bonds is 3. The minimum Gasteiger partial charge on any atom is -0.321 e. The van der Waals surface area contributed by atoms with Crippen LogP contribution in [0.25, 0.3) is 5.65 Å². The first kappa shape index (κ1) is 16.1. The maximum atomic E-state index is 13.4. The number of sulfonamides is 1. The summed E-state index contributed by atoms with van der Waals surface area (Å²) in [5.74, 6) is -0.986. The van der Waals surface area contributed by atoms with Crippen LogP contribution in [0.3, 0.4) is 0 Å². The molecular weight excluding hydrogens is 335 g/mol. The van der Waals surface area contributed by atoms with Crippen LogP contribution in [0.1, 0.15) is 16.2 Å². The molecule has 3 N–H and O–H groups in total. The van der Waals surface area contributed by atoms with Crippen LogP contribution in [0, 0.1) is 12.7 Å². The number of nitrogens with two attached hydrogens (primary N) is 1. The van der Waals surface area contributed by atoms with E-state index in [-0.39, 0.29) is 10.6 Å². The summed E-state index contributed by atoms with van der Waals surface area (Å²) in [6.45, 7) is 1.64. The monoisotopic (exact) mass is 348 g/mol. The number of pyridine rings is 1. The molecule has 1 aromatic carbocycles. The molecule has 2 aromatic heterocycles. The van der Waals surface area contributed by atoms with Crippen LogP contribution >= 0.6 is 0 Å². The Kier molecular flexibility index (Phi) is 3.82. The van der Waals surface area contributed by atoms with Gasteiger partial charge in [-0.1, -0.05) is 0 Å². The summed E-state index contributed by atoms with van der Waals surface area (Å²) >= 11 is 0. The summed E-state index contributed by atoms with van der Waals surface area (Å²) in [6, 6.07) is 8.13. The third-order valence-electron chi connectivity index (χ3n) is 3.41. The summed E-state index contributed by atoms with van der Waals surface area (Å²) in [4.78, 5) is 16.6. The van der Waals surface area contributed by atoms with Gasteiger partial charge in [-0.05, 0) is 43.3 Å². The van der Waals surface area contributed by atoms with Gasteiger partial charge in [0.05, 0.1) is 10.6 Å². The SMILES string of the molecule is Cc1nc2ccc(F)cn2c1C(=O)Nc1ccc(S(N)(=O)=O)cc1. The van der Waals surface area contributed by atoms with Crippen molar-refractivity contribution in [2.45, 2.75) is 11.8 Å². The Morgan fingerprint density at radius 3 is 2.50 bits per heavy atom. The van der Waals surface area contributed by atoms with E-state index >= 15 is 0 Å². The molecule has 2 heterocycles. The van der Waals surface area contributed by atoms with Crippen molar-refractivity contribution in [3.63, 3.8) is 0 Å². The number of nitrogens with one attached hydrogen (secondary N) is 1. The molecule has 0 fully saturated rings. The number of nitrogens with zero attached hydrogens (tertiary/aromatic N) is 2. The van der Waals surface area contributed by atoms with Gasteiger partial charge in [-0.2, -0.15) is 0 Å². The van der Waals surface area contributed by atoms with Gasteiger partial charge in [0.25, 0.3) is 5.91 Å². The molecule has 0 radical (unpaired) electrons. The molecule has 0 aliphatic rings. The molecule has 0 aliphatic carbocycles. The number of primary sulfonamides is 1. The summed E-state index contributed by atoms with van der Waals surface area (Å²) in [6.07, 6.45) is 1.17. The van der Waals surface area contributed by atoms with Crippen LogP contribution < -0.4 is 10.5 Å². The van der Waals surface area contributed by atoms with Gasteiger partial charge in [-0.25, -0.2) is 22.9 Å². The number of aryl methyl sites for hydroxylation is 1. The Bertz CT molecular complexity index is 1040. The molecule has 124 valence electrons. The molecule has 0 aliphatic heterocycles. The second-order valence-corrected chi connectivity index (χ2v) is 6.71. The Morgan fingerprint density at radius 2 is 1.88 bits per heavy atom. The Morgan fingerprint density at radius 1 is 1.21 bits per heavy atom. The smallest absolute Gasteiger partial charge is 0.274 e. The van der Waals surface area contributed by atoms with E-state index < -0.39 is 21.7 Å². The van der Waals surface area contributed by atoms with Gasteiger partial charge >= 0.3 is 0 Å². The lowest BCUT2D eigenvalue weighted by atomic mass is 10.3. The molecule has 1 amide bonds. The second kappa shape index (κ2) is 5.69. The zero-order valence-electron chi connectivity index (χ0n) is 12.5. The van der Waals surface area contributed by atoms with Crippen molar-refractivity contribution >= 4 is 27.3 Å². The summed E-state index contributed by atoms with van der Waals surface area (Å²) < 4.78 is 37.2. The molecule has 24 heavy (non-hydrogen) atoms. The summed E-state index contributed by atoms with van der Waals surface area (Å²) in [7, 11) is -3.80. The standard InChI is InChI=1S/C15H13FN4O3S/c1-9-14(20-8-10(16)2-7-13(20)18-9)15(21)19-11-3-5-12(6-4-11)24(17,22)23/h2-8H,1H3,(H,19,21)(H2,17,22,23). The third kappa shape index (κ3) is 2.99. The molecule has 0 bridgehead atoms. The number of anilines is 1.